The molecule has 0 saturated heterocycles. The number of ether oxygens (including phenoxy) is 1. The topological polar surface area (TPSA) is 87.7 Å². The van der Waals surface area contributed by atoms with Crippen LogP contribution in [0.2, 0.25) is 0 Å². The van der Waals surface area contributed by atoms with Crippen LogP contribution in [-0.4, -0.2) is 24.2 Å². The van der Waals surface area contributed by atoms with E-state index in [2.05, 4.69) is 10.6 Å². The first-order chi connectivity index (χ1) is 13.1. The van der Waals surface area contributed by atoms with E-state index in [1.54, 1.807) is 37.4 Å². The van der Waals surface area contributed by atoms with E-state index in [0.29, 0.717) is 16.9 Å². The maximum atomic E-state index is 12.7. The first-order valence-electron chi connectivity index (χ1n) is 8.21. The lowest BCUT2D eigenvalue weighted by Gasteiger charge is -2.11. The van der Waals surface area contributed by atoms with Gasteiger partial charge in [0.05, 0.1) is 7.11 Å². The van der Waals surface area contributed by atoms with Gasteiger partial charge in [0.15, 0.2) is 0 Å². The van der Waals surface area contributed by atoms with E-state index in [1.165, 1.54) is 0 Å². The monoisotopic (exact) mass is 362 g/mol. The molecule has 136 valence electrons. The molecule has 0 bridgehead atoms. The zero-order valence-electron chi connectivity index (χ0n) is 14.6. The number of rotatable bonds is 5. The molecule has 0 spiro atoms. The lowest BCUT2D eigenvalue weighted by atomic mass is 9.99. The van der Waals surface area contributed by atoms with Gasteiger partial charge in [-0.25, -0.2) is 4.79 Å². The summed E-state index contributed by atoms with van der Waals surface area (Å²) in [5, 5.41) is 13.8. The molecule has 0 aliphatic carbocycles. The van der Waals surface area contributed by atoms with Crippen molar-refractivity contribution in [3.63, 3.8) is 0 Å². The minimum Gasteiger partial charge on any atom is -0.497 e. The van der Waals surface area contributed by atoms with Crippen LogP contribution in [-0.2, 0) is 0 Å². The van der Waals surface area contributed by atoms with Crippen molar-refractivity contribution in [1.29, 1.82) is 0 Å². The van der Waals surface area contributed by atoms with E-state index < -0.39 is 6.09 Å². The van der Waals surface area contributed by atoms with Crippen LogP contribution in [0.3, 0.4) is 0 Å². The Bertz CT molecular complexity index is 951. The minimum absolute atomic E-state index is 0.250. The summed E-state index contributed by atoms with van der Waals surface area (Å²) in [6.45, 7) is 0. The lowest BCUT2D eigenvalue weighted by molar-refractivity contribution is 0.102. The molecule has 0 radical (unpaired) electrons. The van der Waals surface area contributed by atoms with Gasteiger partial charge in [0.25, 0.3) is 5.91 Å². The van der Waals surface area contributed by atoms with Crippen molar-refractivity contribution in [1.82, 2.24) is 0 Å². The third kappa shape index (κ3) is 4.43. The van der Waals surface area contributed by atoms with Gasteiger partial charge in [-0.15, -0.1) is 0 Å². The normalized spacial score (nSPS) is 10.1. The van der Waals surface area contributed by atoms with Crippen molar-refractivity contribution < 1.29 is 19.4 Å². The number of nitrogens with one attached hydrogen (secondary N) is 2. The Balaban J connectivity index is 1.81. The zero-order chi connectivity index (χ0) is 19.2. The molecule has 3 aromatic rings. The summed E-state index contributed by atoms with van der Waals surface area (Å²) in [6.07, 6.45) is -1.14. The maximum absolute atomic E-state index is 12.7. The summed E-state index contributed by atoms with van der Waals surface area (Å²) >= 11 is 0. The molecule has 0 aromatic heterocycles. The molecule has 6 nitrogen and oxygen atoms in total. The van der Waals surface area contributed by atoms with Crippen molar-refractivity contribution >= 4 is 23.4 Å². The number of carbonyl (C=O) groups is 2. The van der Waals surface area contributed by atoms with Gasteiger partial charge >= 0.3 is 6.09 Å². The van der Waals surface area contributed by atoms with Crippen LogP contribution in [0.25, 0.3) is 11.1 Å². The standard InChI is InChI=1S/C21H18N2O4/c1-27-17-12-6-14(7-13-17)18-4-2-3-5-19(18)20(24)22-15-8-10-16(11-9-15)23-21(25)26/h2-13,23H,1H3,(H,22,24)(H,25,26). The van der Waals surface area contributed by atoms with E-state index in [-0.39, 0.29) is 5.91 Å². The number of hydrogen-bond acceptors (Lipinski definition) is 3. The average Bonchev–Trinajstić information content (AvgIpc) is 2.69. The molecule has 0 heterocycles. The highest BCUT2D eigenvalue weighted by Gasteiger charge is 2.13. The number of carboxylic acid groups (broad SMARTS) is 1. The number of anilines is 2. The van der Waals surface area contributed by atoms with Gasteiger partial charge in [-0.1, -0.05) is 30.3 Å². The maximum Gasteiger partial charge on any atom is 0.409 e. The summed E-state index contributed by atoms with van der Waals surface area (Å²) in [7, 11) is 1.60. The second-order valence-electron chi connectivity index (χ2n) is 5.74. The second kappa shape index (κ2) is 8.05. The van der Waals surface area contributed by atoms with Crippen LogP contribution in [0.4, 0.5) is 16.2 Å². The van der Waals surface area contributed by atoms with Crippen LogP contribution in [0.5, 0.6) is 5.75 Å². The van der Waals surface area contributed by atoms with Crippen molar-refractivity contribution in [2.75, 3.05) is 17.7 Å². The van der Waals surface area contributed by atoms with Crippen LogP contribution >= 0.6 is 0 Å². The predicted molar refractivity (Wildman–Crippen MR) is 104 cm³/mol. The molecule has 0 atom stereocenters. The summed E-state index contributed by atoms with van der Waals surface area (Å²) in [4.78, 5) is 23.4. The van der Waals surface area contributed by atoms with Crippen LogP contribution in [0, 0.1) is 0 Å². The molecule has 3 N–H and O–H groups in total. The molecule has 0 aliphatic heterocycles. The van der Waals surface area contributed by atoms with Crippen molar-refractivity contribution in [2.24, 2.45) is 0 Å². The number of hydrogen-bond donors (Lipinski definition) is 3. The quantitative estimate of drug-likeness (QED) is 0.614. The van der Waals surface area contributed by atoms with Gasteiger partial charge in [-0.3, -0.25) is 10.1 Å². The largest absolute Gasteiger partial charge is 0.497 e. The van der Waals surface area contributed by atoms with E-state index >= 15 is 0 Å². The number of benzene rings is 3. The molecular formula is C21H18N2O4. The summed E-state index contributed by atoms with van der Waals surface area (Å²) < 4.78 is 5.17. The highest BCUT2D eigenvalue weighted by atomic mass is 16.5. The zero-order valence-corrected chi connectivity index (χ0v) is 14.6. The summed E-state index contributed by atoms with van der Waals surface area (Å²) in [6, 6.07) is 21.3. The van der Waals surface area contributed by atoms with Gasteiger partial charge in [-0.2, -0.15) is 0 Å². The highest BCUT2D eigenvalue weighted by molar-refractivity contribution is 6.08. The summed E-state index contributed by atoms with van der Waals surface area (Å²) in [5.74, 6) is 0.496. The Hall–Kier alpha value is -3.80. The first kappa shape index (κ1) is 18.0. The Morgan fingerprint density at radius 3 is 2.00 bits per heavy atom. The fraction of sp³-hybridized carbons (Fsp3) is 0.0476. The Morgan fingerprint density at radius 1 is 0.815 bits per heavy atom. The lowest BCUT2D eigenvalue weighted by Crippen LogP contribution is -2.13. The molecule has 0 saturated carbocycles. The second-order valence-corrected chi connectivity index (χ2v) is 5.74. The first-order valence-corrected chi connectivity index (χ1v) is 8.21. The molecule has 27 heavy (non-hydrogen) atoms. The van der Waals surface area contributed by atoms with Crippen molar-refractivity contribution in [3.8, 4) is 16.9 Å². The number of methoxy groups -OCH3 is 1. The van der Waals surface area contributed by atoms with Crippen LogP contribution in [0.15, 0.2) is 72.8 Å². The number of carbonyl (C=O) groups excluding carboxylic acids is 1. The molecule has 0 fully saturated rings. The van der Waals surface area contributed by atoms with Crippen LogP contribution < -0.4 is 15.4 Å². The molecule has 3 aromatic carbocycles. The van der Waals surface area contributed by atoms with Gasteiger partial charge in [0.1, 0.15) is 5.75 Å². The van der Waals surface area contributed by atoms with E-state index in [9.17, 15) is 9.59 Å². The number of amides is 2. The Labute approximate surface area is 156 Å². The molecule has 3 rings (SSSR count). The van der Waals surface area contributed by atoms with E-state index in [4.69, 9.17) is 9.84 Å². The highest BCUT2D eigenvalue weighted by Crippen LogP contribution is 2.26. The fourth-order valence-electron chi connectivity index (χ4n) is 2.66. The predicted octanol–water partition coefficient (Wildman–Crippen LogP) is 4.70. The van der Waals surface area contributed by atoms with Crippen molar-refractivity contribution in [3.05, 3.63) is 78.4 Å². The molecular weight excluding hydrogens is 344 g/mol. The van der Waals surface area contributed by atoms with E-state index in [1.807, 2.05) is 42.5 Å². The van der Waals surface area contributed by atoms with Gasteiger partial charge < -0.3 is 15.2 Å². The Kier molecular flexibility index (Phi) is 5.37. The summed E-state index contributed by atoms with van der Waals surface area (Å²) in [5.41, 5.74) is 3.25. The molecule has 0 unspecified atom stereocenters. The third-order valence-corrected chi connectivity index (χ3v) is 3.97. The van der Waals surface area contributed by atoms with E-state index in [0.717, 1.165) is 16.9 Å². The van der Waals surface area contributed by atoms with Gasteiger partial charge in [-0.05, 0) is 53.6 Å². The van der Waals surface area contributed by atoms with Crippen LogP contribution in [0.1, 0.15) is 10.4 Å². The smallest absolute Gasteiger partial charge is 0.409 e. The fourth-order valence-corrected chi connectivity index (χ4v) is 2.66. The van der Waals surface area contributed by atoms with Gasteiger partial charge in [0.2, 0.25) is 0 Å². The minimum atomic E-state index is -1.14. The molecule has 2 amide bonds. The SMILES string of the molecule is COc1ccc(-c2ccccc2C(=O)Nc2ccc(NC(=O)O)cc2)cc1. The average molecular weight is 362 g/mol. The van der Waals surface area contributed by atoms with Gasteiger partial charge in [0, 0.05) is 16.9 Å². The Morgan fingerprint density at radius 2 is 1.41 bits per heavy atom. The molecule has 6 heteroatoms. The third-order valence-electron chi connectivity index (χ3n) is 3.97. The van der Waals surface area contributed by atoms with Crippen molar-refractivity contribution in [2.45, 2.75) is 0 Å². The molecule has 0 aliphatic rings.